The van der Waals surface area contributed by atoms with Gasteiger partial charge < -0.3 is 26.4 Å². The van der Waals surface area contributed by atoms with Crippen molar-refractivity contribution in [3.8, 4) is 0 Å². The molecular formula is C20H21N5O4. The standard InChI is InChI=1S/C20H21N5O4/c1-25(14-6-4-11(5-7-14)18(21)22)20(29)12-2-3-13-10-23-19(28)16(9-17(26)27)24-15(13)8-12/h2-8,16,24H,9-10H2,1H3,(H3,21,22)(H,23,28)(H,26,27)/t16-/m1/s1. The first-order valence-electron chi connectivity index (χ1n) is 8.87. The second-order valence-electron chi connectivity index (χ2n) is 6.71. The van der Waals surface area contributed by atoms with E-state index in [9.17, 15) is 14.4 Å². The van der Waals surface area contributed by atoms with Crippen LogP contribution in [0.15, 0.2) is 42.5 Å². The molecule has 0 radical (unpaired) electrons. The largest absolute Gasteiger partial charge is 0.481 e. The lowest BCUT2D eigenvalue weighted by Gasteiger charge is -2.19. The molecule has 1 aliphatic heterocycles. The first-order valence-corrected chi connectivity index (χ1v) is 8.87. The molecule has 0 saturated carbocycles. The van der Waals surface area contributed by atoms with Gasteiger partial charge in [0.25, 0.3) is 5.91 Å². The molecule has 3 rings (SSSR count). The molecule has 0 fully saturated rings. The van der Waals surface area contributed by atoms with Gasteiger partial charge in [0.2, 0.25) is 5.91 Å². The van der Waals surface area contributed by atoms with Gasteiger partial charge in [0, 0.05) is 36.1 Å². The van der Waals surface area contributed by atoms with Gasteiger partial charge in [0.1, 0.15) is 11.9 Å². The average molecular weight is 395 g/mol. The van der Waals surface area contributed by atoms with Crippen molar-refractivity contribution in [1.29, 1.82) is 5.41 Å². The number of nitrogen functional groups attached to an aromatic ring is 1. The summed E-state index contributed by atoms with van der Waals surface area (Å²) in [6.45, 7) is 0.244. The monoisotopic (exact) mass is 395 g/mol. The third-order valence-electron chi connectivity index (χ3n) is 4.71. The molecule has 0 aromatic heterocycles. The number of carbonyl (C=O) groups excluding carboxylic acids is 2. The van der Waals surface area contributed by atoms with Gasteiger partial charge in [0.15, 0.2) is 0 Å². The summed E-state index contributed by atoms with van der Waals surface area (Å²) in [4.78, 5) is 37.5. The number of amidine groups is 1. The van der Waals surface area contributed by atoms with E-state index in [0.29, 0.717) is 22.5 Å². The van der Waals surface area contributed by atoms with E-state index in [0.717, 1.165) is 5.56 Å². The zero-order valence-corrected chi connectivity index (χ0v) is 15.7. The van der Waals surface area contributed by atoms with Gasteiger partial charge >= 0.3 is 5.97 Å². The summed E-state index contributed by atoms with van der Waals surface area (Å²) in [5.41, 5.74) is 8.33. The summed E-state index contributed by atoms with van der Waals surface area (Å²) in [5, 5.41) is 22.1. The van der Waals surface area contributed by atoms with Crippen molar-refractivity contribution in [2.24, 2.45) is 5.73 Å². The number of nitrogens with zero attached hydrogens (tertiary/aromatic N) is 1. The average Bonchev–Trinajstić information content (AvgIpc) is 2.85. The Kier molecular flexibility index (Phi) is 5.49. The molecule has 2 aromatic carbocycles. The minimum atomic E-state index is -1.10. The topological polar surface area (TPSA) is 149 Å². The molecule has 0 saturated heterocycles. The van der Waals surface area contributed by atoms with Gasteiger partial charge in [-0.25, -0.2) is 0 Å². The lowest BCUT2D eigenvalue weighted by atomic mass is 10.1. The number of amides is 2. The number of carbonyl (C=O) groups is 3. The molecule has 1 heterocycles. The molecular weight excluding hydrogens is 374 g/mol. The quantitative estimate of drug-likeness (QED) is 0.378. The summed E-state index contributed by atoms with van der Waals surface area (Å²) in [5.74, 6) is -1.83. The number of rotatable bonds is 5. The Balaban J connectivity index is 1.84. The van der Waals surface area contributed by atoms with E-state index in [1.807, 2.05) is 0 Å². The van der Waals surface area contributed by atoms with E-state index >= 15 is 0 Å². The number of nitrogens with two attached hydrogens (primary N) is 1. The molecule has 1 atom stereocenters. The number of fused-ring (bicyclic) bond motifs is 1. The summed E-state index contributed by atoms with van der Waals surface area (Å²) in [7, 11) is 1.63. The Morgan fingerprint density at radius 1 is 1.21 bits per heavy atom. The second-order valence-corrected chi connectivity index (χ2v) is 6.71. The van der Waals surface area contributed by atoms with Gasteiger partial charge in [-0.1, -0.05) is 6.07 Å². The minimum absolute atomic E-state index is 0.0542. The van der Waals surface area contributed by atoms with Crippen molar-refractivity contribution < 1.29 is 19.5 Å². The fourth-order valence-electron chi connectivity index (χ4n) is 3.05. The number of anilines is 2. The molecule has 1 aliphatic rings. The first-order chi connectivity index (χ1) is 13.8. The van der Waals surface area contributed by atoms with Gasteiger partial charge in [-0.2, -0.15) is 0 Å². The van der Waals surface area contributed by atoms with Crippen LogP contribution in [0.3, 0.4) is 0 Å². The number of nitrogens with one attached hydrogen (secondary N) is 3. The van der Waals surface area contributed by atoms with Crippen LogP contribution in [-0.4, -0.2) is 41.8 Å². The molecule has 0 bridgehead atoms. The second kappa shape index (κ2) is 8.01. The van der Waals surface area contributed by atoms with Crippen molar-refractivity contribution in [3.63, 3.8) is 0 Å². The molecule has 6 N–H and O–H groups in total. The Morgan fingerprint density at radius 3 is 2.48 bits per heavy atom. The van der Waals surface area contributed by atoms with Crippen LogP contribution in [-0.2, 0) is 16.1 Å². The lowest BCUT2D eigenvalue weighted by Crippen LogP contribution is -2.38. The Morgan fingerprint density at radius 2 is 1.86 bits per heavy atom. The molecule has 150 valence electrons. The maximum atomic E-state index is 12.9. The number of carboxylic acids is 1. The van der Waals surface area contributed by atoms with Gasteiger partial charge in [-0.05, 0) is 42.0 Å². The summed E-state index contributed by atoms with van der Waals surface area (Å²) >= 11 is 0. The van der Waals surface area contributed by atoms with Gasteiger partial charge in [0.05, 0.1) is 6.42 Å². The third-order valence-corrected chi connectivity index (χ3v) is 4.71. The van der Waals surface area contributed by atoms with Crippen LogP contribution < -0.4 is 21.3 Å². The summed E-state index contributed by atoms with van der Waals surface area (Å²) < 4.78 is 0. The summed E-state index contributed by atoms with van der Waals surface area (Å²) in [6, 6.07) is 10.8. The highest BCUT2D eigenvalue weighted by molar-refractivity contribution is 6.07. The number of aliphatic carboxylic acids is 1. The number of hydrogen-bond donors (Lipinski definition) is 5. The Hall–Kier alpha value is -3.88. The van der Waals surface area contributed by atoms with E-state index in [2.05, 4.69) is 10.6 Å². The molecule has 9 nitrogen and oxygen atoms in total. The van der Waals surface area contributed by atoms with Crippen LogP contribution >= 0.6 is 0 Å². The van der Waals surface area contributed by atoms with E-state index in [1.165, 1.54) is 4.90 Å². The van der Waals surface area contributed by atoms with Crippen LogP contribution in [0.5, 0.6) is 0 Å². The predicted molar refractivity (Wildman–Crippen MR) is 108 cm³/mol. The van der Waals surface area contributed by atoms with Crippen LogP contribution in [0.4, 0.5) is 11.4 Å². The molecule has 9 heteroatoms. The maximum Gasteiger partial charge on any atom is 0.305 e. The van der Waals surface area contributed by atoms with Gasteiger partial charge in [-0.15, -0.1) is 0 Å². The van der Waals surface area contributed by atoms with E-state index in [4.69, 9.17) is 16.2 Å². The molecule has 2 amide bonds. The fourth-order valence-corrected chi connectivity index (χ4v) is 3.05. The highest BCUT2D eigenvalue weighted by Gasteiger charge is 2.26. The van der Waals surface area contributed by atoms with Crippen LogP contribution in [0.1, 0.15) is 27.9 Å². The van der Waals surface area contributed by atoms with Crippen molar-refractivity contribution in [2.75, 3.05) is 17.3 Å². The highest BCUT2D eigenvalue weighted by Crippen LogP contribution is 2.24. The first kappa shape index (κ1) is 19.9. The van der Waals surface area contributed by atoms with E-state index in [1.54, 1.807) is 49.5 Å². The van der Waals surface area contributed by atoms with Crippen LogP contribution in [0.25, 0.3) is 0 Å². The Bertz CT molecular complexity index is 987. The molecule has 0 aliphatic carbocycles. The minimum Gasteiger partial charge on any atom is -0.481 e. The lowest BCUT2D eigenvalue weighted by molar-refractivity contribution is -0.139. The van der Waals surface area contributed by atoms with Crippen molar-refractivity contribution in [2.45, 2.75) is 19.0 Å². The van der Waals surface area contributed by atoms with Crippen LogP contribution in [0.2, 0.25) is 0 Å². The molecule has 29 heavy (non-hydrogen) atoms. The van der Waals surface area contributed by atoms with Gasteiger partial charge in [-0.3, -0.25) is 19.8 Å². The van der Waals surface area contributed by atoms with E-state index in [-0.39, 0.29) is 24.7 Å². The predicted octanol–water partition coefficient (Wildman–Crippen LogP) is 1.13. The molecule has 2 aromatic rings. The number of carboxylic acid groups (broad SMARTS) is 1. The van der Waals surface area contributed by atoms with Crippen molar-refractivity contribution >= 4 is 35.0 Å². The molecule has 0 spiro atoms. The normalized spacial score (nSPS) is 15.3. The highest BCUT2D eigenvalue weighted by atomic mass is 16.4. The third kappa shape index (κ3) is 4.34. The molecule has 0 unspecified atom stereocenters. The van der Waals surface area contributed by atoms with Crippen molar-refractivity contribution in [1.82, 2.24) is 5.32 Å². The zero-order chi connectivity index (χ0) is 21.1. The number of benzene rings is 2. The maximum absolute atomic E-state index is 12.9. The SMILES string of the molecule is CN(C(=O)c1ccc2c(c1)N[C@H](CC(=O)O)C(=O)NC2)c1ccc(C(=N)N)cc1. The van der Waals surface area contributed by atoms with Crippen molar-refractivity contribution in [3.05, 3.63) is 59.2 Å². The zero-order valence-electron chi connectivity index (χ0n) is 15.7. The Labute approximate surface area is 167 Å². The smallest absolute Gasteiger partial charge is 0.305 e. The summed E-state index contributed by atoms with van der Waals surface area (Å²) in [6.07, 6.45) is -0.369. The van der Waals surface area contributed by atoms with E-state index < -0.39 is 17.9 Å². The number of hydrogen-bond acceptors (Lipinski definition) is 5. The van der Waals surface area contributed by atoms with Crippen LogP contribution in [0, 0.1) is 5.41 Å². The fraction of sp³-hybridized carbons (Fsp3) is 0.200.